The summed E-state index contributed by atoms with van der Waals surface area (Å²) in [4.78, 5) is 0. The highest BCUT2D eigenvalue weighted by atomic mass is 16.3. The third-order valence-corrected chi connectivity index (χ3v) is 1.83. The monoisotopic (exact) mass is 160 g/mol. The fraction of sp³-hybridized carbons (Fsp3) is 0.300. The highest BCUT2D eigenvalue weighted by Gasteiger charge is 2.05. The molecule has 1 N–H and O–H groups in total. The molecule has 1 aromatic carbocycles. The Labute approximate surface area is 72.1 Å². The van der Waals surface area contributed by atoms with Crippen LogP contribution in [-0.2, 0) is 0 Å². The predicted octanol–water partition coefficient (Wildman–Crippen LogP) is 2.13. The first-order valence-corrected chi connectivity index (χ1v) is 3.76. The molecule has 0 amide bonds. The van der Waals surface area contributed by atoms with E-state index in [9.17, 15) is 0 Å². The van der Waals surface area contributed by atoms with Gasteiger partial charge in [0.2, 0.25) is 0 Å². The Kier molecular flexibility index (Phi) is 2.35. The zero-order valence-corrected chi connectivity index (χ0v) is 7.13. The minimum absolute atomic E-state index is 0.138. The molecular weight excluding hydrogens is 150 g/mol. The van der Waals surface area contributed by atoms with Gasteiger partial charge < -0.3 is 5.11 Å². The fourth-order valence-corrected chi connectivity index (χ4v) is 0.950. The average Bonchev–Trinajstić information content (AvgIpc) is 2.08. The Morgan fingerprint density at radius 2 is 2.33 bits per heavy atom. The minimum atomic E-state index is -0.138. The normalized spacial score (nSPS) is 12.1. The number of phenolic OH excluding ortho intramolecular Hbond substituents is 1. The number of rotatable bonds is 1. The molecule has 1 rings (SSSR count). The molecule has 1 atom stereocenters. The van der Waals surface area contributed by atoms with E-state index in [1.807, 2.05) is 6.92 Å². The predicted molar refractivity (Wildman–Crippen MR) is 45.7 cm³/mol. The van der Waals surface area contributed by atoms with Crippen LogP contribution in [0.25, 0.3) is 0 Å². The molecule has 2 nitrogen and oxygen atoms in total. The zero-order valence-electron chi connectivity index (χ0n) is 7.13. The molecule has 0 saturated heterocycles. The van der Waals surface area contributed by atoms with E-state index in [0.29, 0.717) is 0 Å². The van der Waals surface area contributed by atoms with Gasteiger partial charge in [-0.15, -0.1) is 0 Å². The second-order valence-electron chi connectivity index (χ2n) is 2.82. The van der Waals surface area contributed by atoms with Crippen molar-refractivity contribution >= 4 is 0 Å². The zero-order chi connectivity index (χ0) is 9.14. The summed E-state index contributed by atoms with van der Waals surface area (Å²) in [6.07, 6.45) is 0. The first-order valence-electron chi connectivity index (χ1n) is 3.76. The Morgan fingerprint density at radius 1 is 1.67 bits per heavy atom. The van der Waals surface area contributed by atoms with Crippen molar-refractivity contribution in [3.8, 4) is 11.8 Å². The number of nitriles is 1. The maximum Gasteiger partial charge on any atom is 0.126 e. The number of phenols is 1. The molecule has 0 fully saturated rings. The Bertz CT molecular complexity index is 325. The Morgan fingerprint density at radius 3 is 2.83 bits per heavy atom. The molecule has 1 unspecified atom stereocenters. The maximum absolute atomic E-state index is 9.16. The van der Waals surface area contributed by atoms with E-state index in [1.54, 1.807) is 19.1 Å². The average molecular weight is 160 g/mol. The molecule has 0 aliphatic rings. The lowest BCUT2D eigenvalue weighted by Gasteiger charge is -2.04. The van der Waals surface area contributed by atoms with Crippen LogP contribution in [0.3, 0.4) is 0 Å². The van der Waals surface area contributed by atoms with Gasteiger partial charge in [0.05, 0.1) is 12.0 Å². The van der Waals surface area contributed by atoms with Gasteiger partial charge in [0, 0.05) is 6.07 Å². The number of benzene rings is 1. The van der Waals surface area contributed by atoms with Gasteiger partial charge in [-0.3, -0.25) is 0 Å². The molecule has 0 heterocycles. The van der Waals surface area contributed by atoms with Gasteiger partial charge in [0.15, 0.2) is 0 Å². The summed E-state index contributed by atoms with van der Waals surface area (Å²) in [5, 5.41) is 17.8. The smallest absolute Gasteiger partial charge is 0.126 e. The lowest BCUT2D eigenvalue weighted by molar-refractivity contribution is 0.469. The highest BCUT2D eigenvalue weighted by molar-refractivity contribution is 5.36. The van der Waals surface area contributed by atoms with E-state index < -0.39 is 0 Å². The fourth-order valence-electron chi connectivity index (χ4n) is 0.950. The first kappa shape index (κ1) is 8.61. The Hall–Kier alpha value is -1.49. The number of hydrogen-bond acceptors (Lipinski definition) is 2. The second kappa shape index (κ2) is 3.27. The standard InChI is InChI=1S/C10H10NO/c1-7-5-9(8(2)6-11)3-4-10(7)12/h3,5,8,12H,1-2H3. The van der Waals surface area contributed by atoms with Crippen LogP contribution in [0, 0.1) is 24.3 Å². The van der Waals surface area contributed by atoms with Gasteiger partial charge in [0.25, 0.3) is 0 Å². The van der Waals surface area contributed by atoms with Crippen LogP contribution >= 0.6 is 0 Å². The van der Waals surface area contributed by atoms with Crippen LogP contribution < -0.4 is 0 Å². The van der Waals surface area contributed by atoms with E-state index in [1.165, 1.54) is 0 Å². The van der Waals surface area contributed by atoms with Crippen LogP contribution in [-0.4, -0.2) is 5.11 Å². The van der Waals surface area contributed by atoms with Gasteiger partial charge in [-0.25, -0.2) is 0 Å². The summed E-state index contributed by atoms with van der Waals surface area (Å²) in [7, 11) is 0. The third kappa shape index (κ3) is 1.57. The summed E-state index contributed by atoms with van der Waals surface area (Å²) in [5.74, 6) is 0.0180. The van der Waals surface area contributed by atoms with Crippen LogP contribution in [0.2, 0.25) is 0 Å². The van der Waals surface area contributed by atoms with Gasteiger partial charge in [0.1, 0.15) is 5.75 Å². The molecule has 0 aliphatic heterocycles. The van der Waals surface area contributed by atoms with Crippen LogP contribution in [0.5, 0.6) is 5.75 Å². The minimum Gasteiger partial charge on any atom is -0.507 e. The third-order valence-electron chi connectivity index (χ3n) is 1.83. The summed E-state index contributed by atoms with van der Waals surface area (Å²) < 4.78 is 0. The van der Waals surface area contributed by atoms with Crippen molar-refractivity contribution in [2.45, 2.75) is 19.8 Å². The SMILES string of the molecule is Cc1cc(C(C)C#N)c[c]c1O. The topological polar surface area (TPSA) is 44.0 Å². The van der Waals surface area contributed by atoms with Gasteiger partial charge in [-0.05, 0) is 31.0 Å². The van der Waals surface area contributed by atoms with Crippen molar-refractivity contribution in [2.75, 3.05) is 0 Å². The van der Waals surface area contributed by atoms with Gasteiger partial charge >= 0.3 is 0 Å². The summed E-state index contributed by atoms with van der Waals surface area (Å²) in [5.41, 5.74) is 1.66. The lowest BCUT2D eigenvalue weighted by Crippen LogP contribution is -1.89. The van der Waals surface area contributed by atoms with Crippen molar-refractivity contribution in [3.05, 3.63) is 29.3 Å². The number of hydrogen-bond donors (Lipinski definition) is 1. The van der Waals surface area contributed by atoms with Gasteiger partial charge in [-0.1, -0.05) is 6.07 Å². The van der Waals surface area contributed by atoms with Crippen molar-refractivity contribution < 1.29 is 5.11 Å². The summed E-state index contributed by atoms with van der Waals surface area (Å²) >= 11 is 0. The van der Waals surface area contributed by atoms with Crippen LogP contribution in [0.15, 0.2) is 12.1 Å². The van der Waals surface area contributed by atoms with E-state index in [-0.39, 0.29) is 11.7 Å². The molecule has 0 aliphatic carbocycles. The molecule has 2 heteroatoms. The molecule has 0 spiro atoms. The molecule has 1 radical (unpaired) electrons. The van der Waals surface area contributed by atoms with E-state index in [4.69, 9.17) is 10.4 Å². The highest BCUT2D eigenvalue weighted by Crippen LogP contribution is 2.21. The van der Waals surface area contributed by atoms with Crippen molar-refractivity contribution in [2.24, 2.45) is 0 Å². The van der Waals surface area contributed by atoms with Crippen molar-refractivity contribution in [1.82, 2.24) is 0 Å². The maximum atomic E-state index is 9.16. The molecule has 1 aromatic rings. The Balaban J connectivity index is 3.06. The quantitative estimate of drug-likeness (QED) is 0.683. The number of aromatic hydroxyl groups is 1. The van der Waals surface area contributed by atoms with E-state index >= 15 is 0 Å². The number of aryl methyl sites for hydroxylation is 1. The molecule has 12 heavy (non-hydrogen) atoms. The lowest BCUT2D eigenvalue weighted by atomic mass is 10.0. The molecule has 0 saturated carbocycles. The largest absolute Gasteiger partial charge is 0.507 e. The number of nitrogens with zero attached hydrogens (tertiary/aromatic N) is 1. The molecular formula is C10H10NO. The van der Waals surface area contributed by atoms with Crippen LogP contribution in [0.1, 0.15) is 24.0 Å². The summed E-state index contributed by atoms with van der Waals surface area (Å²) in [6.45, 7) is 3.61. The van der Waals surface area contributed by atoms with E-state index in [2.05, 4.69) is 12.1 Å². The second-order valence-corrected chi connectivity index (χ2v) is 2.82. The molecule has 0 aromatic heterocycles. The summed E-state index contributed by atoms with van der Waals surface area (Å²) in [6, 6.07) is 8.27. The van der Waals surface area contributed by atoms with Crippen LogP contribution in [0.4, 0.5) is 0 Å². The van der Waals surface area contributed by atoms with Gasteiger partial charge in [-0.2, -0.15) is 5.26 Å². The molecule has 0 bridgehead atoms. The first-order chi connectivity index (χ1) is 5.65. The van der Waals surface area contributed by atoms with Crippen molar-refractivity contribution in [1.29, 1.82) is 5.26 Å². The van der Waals surface area contributed by atoms with Crippen molar-refractivity contribution in [3.63, 3.8) is 0 Å². The van der Waals surface area contributed by atoms with E-state index in [0.717, 1.165) is 11.1 Å². The molecule has 61 valence electrons.